The van der Waals surface area contributed by atoms with Crippen LogP contribution in [0.25, 0.3) is 0 Å². The third kappa shape index (κ3) is 4.69. The minimum Gasteiger partial charge on any atom is -0.310 e. The SMILES string of the molecule is Cc1nc(CN(C)C(C)CNCc2cccs2)cs1. The molecular weight excluding hydrogens is 274 g/mol. The van der Waals surface area contributed by atoms with Crippen LogP contribution in [0.5, 0.6) is 0 Å². The van der Waals surface area contributed by atoms with E-state index >= 15 is 0 Å². The molecule has 0 aliphatic heterocycles. The van der Waals surface area contributed by atoms with Crippen molar-refractivity contribution in [1.82, 2.24) is 15.2 Å². The molecule has 0 fully saturated rings. The van der Waals surface area contributed by atoms with E-state index in [1.165, 1.54) is 10.6 Å². The van der Waals surface area contributed by atoms with Gasteiger partial charge in [-0.1, -0.05) is 6.07 Å². The average Bonchev–Trinajstić information content (AvgIpc) is 3.01. The van der Waals surface area contributed by atoms with Crippen LogP contribution in [0.1, 0.15) is 22.5 Å². The van der Waals surface area contributed by atoms with Gasteiger partial charge in [-0.3, -0.25) is 4.90 Å². The van der Waals surface area contributed by atoms with Crippen LogP contribution in [-0.4, -0.2) is 29.5 Å². The first-order chi connectivity index (χ1) is 9.15. The fourth-order valence-electron chi connectivity index (χ4n) is 1.87. The molecule has 0 aliphatic carbocycles. The number of hydrogen-bond acceptors (Lipinski definition) is 5. The molecule has 3 nitrogen and oxygen atoms in total. The lowest BCUT2D eigenvalue weighted by molar-refractivity contribution is 0.240. The van der Waals surface area contributed by atoms with E-state index in [-0.39, 0.29) is 0 Å². The standard InChI is InChI=1S/C14H21N3S2/c1-11(7-15-8-14-5-4-6-18-14)17(3)9-13-10-19-12(2)16-13/h4-6,10-11,15H,7-9H2,1-3H3. The summed E-state index contributed by atoms with van der Waals surface area (Å²) in [6.45, 7) is 7.19. The molecular formula is C14H21N3S2. The van der Waals surface area contributed by atoms with Gasteiger partial charge in [-0.2, -0.15) is 0 Å². The molecule has 0 saturated heterocycles. The number of aryl methyl sites for hydroxylation is 1. The number of rotatable bonds is 7. The van der Waals surface area contributed by atoms with Crippen molar-refractivity contribution in [1.29, 1.82) is 0 Å². The molecule has 0 bridgehead atoms. The van der Waals surface area contributed by atoms with Gasteiger partial charge in [0.15, 0.2) is 0 Å². The molecule has 104 valence electrons. The molecule has 1 unspecified atom stereocenters. The van der Waals surface area contributed by atoms with Gasteiger partial charge in [0.2, 0.25) is 0 Å². The maximum absolute atomic E-state index is 4.51. The molecule has 0 radical (unpaired) electrons. The van der Waals surface area contributed by atoms with Gasteiger partial charge in [0, 0.05) is 35.9 Å². The van der Waals surface area contributed by atoms with Gasteiger partial charge < -0.3 is 5.32 Å². The van der Waals surface area contributed by atoms with Gasteiger partial charge in [-0.25, -0.2) is 4.98 Å². The number of nitrogens with zero attached hydrogens (tertiary/aromatic N) is 2. The first kappa shape index (κ1) is 14.7. The monoisotopic (exact) mass is 295 g/mol. The largest absolute Gasteiger partial charge is 0.310 e. The van der Waals surface area contributed by atoms with Gasteiger partial charge >= 0.3 is 0 Å². The van der Waals surface area contributed by atoms with Crippen molar-refractivity contribution in [3.63, 3.8) is 0 Å². The van der Waals surface area contributed by atoms with Crippen LogP contribution < -0.4 is 5.32 Å². The summed E-state index contributed by atoms with van der Waals surface area (Å²) in [6, 6.07) is 4.77. The van der Waals surface area contributed by atoms with Crippen molar-refractivity contribution in [3.05, 3.63) is 38.5 Å². The van der Waals surface area contributed by atoms with Crippen LogP contribution in [0.4, 0.5) is 0 Å². The number of hydrogen-bond donors (Lipinski definition) is 1. The molecule has 0 aliphatic rings. The highest BCUT2D eigenvalue weighted by atomic mass is 32.1. The number of nitrogens with one attached hydrogen (secondary N) is 1. The topological polar surface area (TPSA) is 28.2 Å². The average molecular weight is 295 g/mol. The van der Waals surface area contributed by atoms with Crippen molar-refractivity contribution in [2.75, 3.05) is 13.6 Å². The summed E-state index contributed by atoms with van der Waals surface area (Å²) in [6.07, 6.45) is 0. The smallest absolute Gasteiger partial charge is 0.0897 e. The van der Waals surface area contributed by atoms with Gasteiger partial charge in [0.25, 0.3) is 0 Å². The Bertz CT molecular complexity index is 479. The third-order valence-corrected chi connectivity index (χ3v) is 4.85. The van der Waals surface area contributed by atoms with Crippen molar-refractivity contribution in [2.45, 2.75) is 33.0 Å². The molecule has 2 aromatic heterocycles. The summed E-state index contributed by atoms with van der Waals surface area (Å²) in [5, 5.41) is 8.93. The summed E-state index contributed by atoms with van der Waals surface area (Å²) in [7, 11) is 2.16. The van der Waals surface area contributed by atoms with Crippen LogP contribution in [0.3, 0.4) is 0 Å². The van der Waals surface area contributed by atoms with E-state index < -0.39 is 0 Å². The Kier molecular flexibility index (Phi) is 5.51. The Morgan fingerprint density at radius 2 is 2.26 bits per heavy atom. The number of thiophene rings is 1. The fourth-order valence-corrected chi connectivity index (χ4v) is 3.14. The lowest BCUT2D eigenvalue weighted by atomic mass is 10.2. The molecule has 0 amide bonds. The lowest BCUT2D eigenvalue weighted by Crippen LogP contribution is -2.37. The second-order valence-corrected chi connectivity index (χ2v) is 6.93. The van der Waals surface area contributed by atoms with Gasteiger partial charge in [-0.15, -0.1) is 22.7 Å². The van der Waals surface area contributed by atoms with Crippen LogP contribution >= 0.6 is 22.7 Å². The number of likely N-dealkylation sites (N-methyl/N-ethyl adjacent to an activating group) is 1. The molecule has 0 saturated carbocycles. The predicted molar refractivity (Wildman–Crippen MR) is 83.8 cm³/mol. The van der Waals surface area contributed by atoms with Crippen molar-refractivity contribution >= 4 is 22.7 Å². The highest BCUT2D eigenvalue weighted by Crippen LogP contribution is 2.11. The number of aromatic nitrogens is 1. The highest BCUT2D eigenvalue weighted by Gasteiger charge is 2.10. The van der Waals surface area contributed by atoms with E-state index in [0.717, 1.165) is 24.6 Å². The third-order valence-electron chi connectivity index (χ3n) is 3.15. The quantitative estimate of drug-likeness (QED) is 0.850. The summed E-state index contributed by atoms with van der Waals surface area (Å²) in [4.78, 5) is 8.25. The normalized spacial score (nSPS) is 13.1. The van der Waals surface area contributed by atoms with E-state index in [2.05, 4.69) is 59.0 Å². The molecule has 2 heterocycles. The van der Waals surface area contributed by atoms with Crippen molar-refractivity contribution in [3.8, 4) is 0 Å². The highest BCUT2D eigenvalue weighted by molar-refractivity contribution is 7.10. The summed E-state index contributed by atoms with van der Waals surface area (Å²) in [5.41, 5.74) is 1.18. The van der Waals surface area contributed by atoms with Crippen molar-refractivity contribution < 1.29 is 0 Å². The van der Waals surface area contributed by atoms with Crippen LogP contribution in [0, 0.1) is 6.92 Å². The van der Waals surface area contributed by atoms with Gasteiger partial charge in [0.05, 0.1) is 10.7 Å². The molecule has 1 N–H and O–H groups in total. The second-order valence-electron chi connectivity index (χ2n) is 4.83. The molecule has 19 heavy (non-hydrogen) atoms. The molecule has 0 spiro atoms. The summed E-state index contributed by atoms with van der Waals surface area (Å²) in [5.74, 6) is 0. The zero-order valence-electron chi connectivity index (χ0n) is 11.7. The van der Waals surface area contributed by atoms with E-state index in [1.807, 2.05) is 0 Å². The zero-order chi connectivity index (χ0) is 13.7. The minimum atomic E-state index is 0.502. The van der Waals surface area contributed by atoms with E-state index in [4.69, 9.17) is 0 Å². The Balaban J connectivity index is 1.71. The fraction of sp³-hybridized carbons (Fsp3) is 0.500. The maximum atomic E-state index is 4.51. The maximum Gasteiger partial charge on any atom is 0.0897 e. The molecule has 1 atom stereocenters. The Hall–Kier alpha value is -0.750. The van der Waals surface area contributed by atoms with Crippen LogP contribution in [0.15, 0.2) is 22.9 Å². The summed E-state index contributed by atoms with van der Waals surface area (Å²) >= 11 is 3.53. The number of thiazole rings is 1. The minimum absolute atomic E-state index is 0.502. The lowest BCUT2D eigenvalue weighted by Gasteiger charge is -2.24. The van der Waals surface area contributed by atoms with Gasteiger partial charge in [0.1, 0.15) is 0 Å². The first-order valence-electron chi connectivity index (χ1n) is 6.49. The summed E-state index contributed by atoms with van der Waals surface area (Å²) < 4.78 is 0. The Morgan fingerprint density at radius 3 is 2.89 bits per heavy atom. The van der Waals surface area contributed by atoms with E-state index in [0.29, 0.717) is 6.04 Å². The Labute approximate surface area is 123 Å². The van der Waals surface area contributed by atoms with E-state index in [9.17, 15) is 0 Å². The molecule has 2 aromatic rings. The molecule has 2 rings (SSSR count). The van der Waals surface area contributed by atoms with Crippen LogP contribution in [-0.2, 0) is 13.1 Å². The second kappa shape index (κ2) is 7.14. The Morgan fingerprint density at radius 1 is 1.42 bits per heavy atom. The van der Waals surface area contributed by atoms with Crippen molar-refractivity contribution in [2.24, 2.45) is 0 Å². The molecule has 0 aromatic carbocycles. The molecule has 5 heteroatoms. The van der Waals surface area contributed by atoms with Gasteiger partial charge in [-0.05, 0) is 32.3 Å². The first-order valence-corrected chi connectivity index (χ1v) is 8.25. The zero-order valence-corrected chi connectivity index (χ0v) is 13.4. The van der Waals surface area contributed by atoms with Crippen LogP contribution in [0.2, 0.25) is 0 Å². The predicted octanol–water partition coefficient (Wildman–Crippen LogP) is 3.12. The van der Waals surface area contributed by atoms with E-state index in [1.54, 1.807) is 22.7 Å².